The Labute approximate surface area is 260 Å². The Balaban J connectivity index is 2.08. The number of benzene rings is 2. The van der Waals surface area contributed by atoms with Crippen molar-refractivity contribution >= 4 is 24.0 Å². The molecule has 0 saturated heterocycles. The molecule has 0 aliphatic heterocycles. The number of ether oxygens (including phenoxy) is 2. The Morgan fingerprint density at radius 3 is 1.32 bits per heavy atom. The standard InChI is InChI=1S/C33H48N4O7/c1-32(2,3)43-30(41)34-19-17-28(39)36(21-25-13-9-7-10-14-25)23-27(38)24-37(22-26-15-11-8-12-16-26)29(40)18-20-35-31(42)44-33(4,5)6/h7-16,27,38H,17-24H2,1-6H3,(H,34,41)(H,35,42). The zero-order valence-electron chi connectivity index (χ0n) is 26.8. The summed E-state index contributed by atoms with van der Waals surface area (Å²) in [4.78, 5) is 53.6. The lowest BCUT2D eigenvalue weighted by Gasteiger charge is -2.30. The van der Waals surface area contributed by atoms with Crippen molar-refractivity contribution in [1.82, 2.24) is 20.4 Å². The molecule has 0 unspecified atom stereocenters. The van der Waals surface area contributed by atoms with Crippen LogP contribution in [-0.4, -0.2) is 82.4 Å². The van der Waals surface area contributed by atoms with Gasteiger partial charge in [0.1, 0.15) is 11.2 Å². The molecule has 0 aliphatic carbocycles. The third-order valence-electron chi connectivity index (χ3n) is 6.01. The molecule has 0 fully saturated rings. The monoisotopic (exact) mass is 612 g/mol. The van der Waals surface area contributed by atoms with Gasteiger partial charge in [0.25, 0.3) is 0 Å². The highest BCUT2D eigenvalue weighted by atomic mass is 16.6. The summed E-state index contributed by atoms with van der Waals surface area (Å²) in [6.07, 6.45) is -2.29. The smallest absolute Gasteiger partial charge is 0.407 e. The number of nitrogens with zero attached hydrogens (tertiary/aromatic N) is 2. The zero-order chi connectivity index (χ0) is 32.8. The molecule has 3 N–H and O–H groups in total. The van der Waals surface area contributed by atoms with Gasteiger partial charge in [0.2, 0.25) is 11.8 Å². The second-order valence-corrected chi connectivity index (χ2v) is 12.5. The van der Waals surface area contributed by atoms with Crippen molar-refractivity contribution in [3.8, 4) is 0 Å². The predicted octanol–water partition coefficient (Wildman–Crippen LogP) is 4.23. The van der Waals surface area contributed by atoms with Crippen molar-refractivity contribution in [3.05, 3.63) is 71.8 Å². The number of aliphatic hydroxyl groups is 1. The molecule has 2 aromatic rings. The Bertz CT molecular complexity index is 1100. The number of carbonyl (C=O) groups excluding carboxylic acids is 4. The lowest BCUT2D eigenvalue weighted by Crippen LogP contribution is -2.45. The first-order valence-electron chi connectivity index (χ1n) is 14.9. The van der Waals surface area contributed by atoms with Gasteiger partial charge < -0.3 is 35.0 Å². The maximum Gasteiger partial charge on any atom is 0.407 e. The first-order chi connectivity index (χ1) is 20.6. The second-order valence-electron chi connectivity index (χ2n) is 12.5. The summed E-state index contributed by atoms with van der Waals surface area (Å²) in [7, 11) is 0. The van der Waals surface area contributed by atoms with Crippen LogP contribution in [0.25, 0.3) is 0 Å². The third kappa shape index (κ3) is 15.4. The highest BCUT2D eigenvalue weighted by molar-refractivity contribution is 5.78. The molecule has 2 aromatic carbocycles. The van der Waals surface area contributed by atoms with Gasteiger partial charge in [-0.2, -0.15) is 0 Å². The van der Waals surface area contributed by atoms with Gasteiger partial charge in [-0.25, -0.2) is 9.59 Å². The van der Waals surface area contributed by atoms with E-state index in [1.165, 1.54) is 9.80 Å². The van der Waals surface area contributed by atoms with Crippen molar-refractivity contribution < 1.29 is 33.8 Å². The molecule has 0 aliphatic rings. The summed E-state index contributed by atoms with van der Waals surface area (Å²) < 4.78 is 10.5. The highest BCUT2D eigenvalue weighted by Crippen LogP contribution is 2.12. The molecule has 0 spiro atoms. The number of carbonyl (C=O) groups is 4. The maximum atomic E-state index is 13.3. The van der Waals surface area contributed by atoms with E-state index in [1.54, 1.807) is 41.5 Å². The van der Waals surface area contributed by atoms with E-state index in [2.05, 4.69) is 10.6 Å². The van der Waals surface area contributed by atoms with Crippen LogP contribution in [0, 0.1) is 0 Å². The maximum absolute atomic E-state index is 13.3. The van der Waals surface area contributed by atoms with Crippen LogP contribution in [0.1, 0.15) is 65.5 Å². The van der Waals surface area contributed by atoms with Gasteiger partial charge in [-0.05, 0) is 52.7 Å². The van der Waals surface area contributed by atoms with E-state index in [0.717, 1.165) is 11.1 Å². The normalized spacial score (nSPS) is 11.5. The van der Waals surface area contributed by atoms with E-state index in [9.17, 15) is 24.3 Å². The van der Waals surface area contributed by atoms with Gasteiger partial charge >= 0.3 is 12.2 Å². The van der Waals surface area contributed by atoms with Gasteiger partial charge in [0, 0.05) is 52.1 Å². The molecule has 0 atom stereocenters. The molecule has 0 heterocycles. The van der Waals surface area contributed by atoms with Gasteiger partial charge in [-0.3, -0.25) is 9.59 Å². The Hall–Kier alpha value is -4.12. The first-order valence-corrected chi connectivity index (χ1v) is 14.9. The summed E-state index contributed by atoms with van der Waals surface area (Å²) in [5.41, 5.74) is 0.427. The third-order valence-corrected chi connectivity index (χ3v) is 6.01. The average molecular weight is 613 g/mol. The van der Waals surface area contributed by atoms with Crippen molar-refractivity contribution in [2.45, 2.75) is 84.8 Å². The Kier molecular flexibility index (Phi) is 14.1. The molecule has 11 heteroatoms. The Morgan fingerprint density at radius 1 is 0.659 bits per heavy atom. The van der Waals surface area contributed by atoms with Crippen LogP contribution in [0.2, 0.25) is 0 Å². The molecule has 44 heavy (non-hydrogen) atoms. The topological polar surface area (TPSA) is 138 Å². The molecule has 0 radical (unpaired) electrons. The molecular weight excluding hydrogens is 564 g/mol. The van der Waals surface area contributed by atoms with Crippen molar-refractivity contribution in [1.29, 1.82) is 0 Å². The van der Waals surface area contributed by atoms with Crippen molar-refractivity contribution in [2.24, 2.45) is 0 Å². The summed E-state index contributed by atoms with van der Waals surface area (Å²) in [5, 5.41) is 16.3. The van der Waals surface area contributed by atoms with Crippen LogP contribution in [0.4, 0.5) is 9.59 Å². The van der Waals surface area contributed by atoms with Crippen molar-refractivity contribution in [3.63, 3.8) is 0 Å². The van der Waals surface area contributed by atoms with Crippen LogP contribution in [0.3, 0.4) is 0 Å². The summed E-state index contributed by atoms with van der Waals surface area (Å²) >= 11 is 0. The molecule has 242 valence electrons. The fraction of sp³-hybridized carbons (Fsp3) is 0.515. The zero-order valence-corrected chi connectivity index (χ0v) is 26.8. The molecule has 11 nitrogen and oxygen atoms in total. The van der Waals surface area contributed by atoms with Crippen LogP contribution < -0.4 is 10.6 Å². The summed E-state index contributed by atoms with van der Waals surface area (Å²) in [6.45, 7) is 11.1. The minimum absolute atomic E-state index is 0.00178. The minimum Gasteiger partial charge on any atom is -0.444 e. The van der Waals surface area contributed by atoms with Crippen LogP contribution in [0.5, 0.6) is 0 Å². The molecule has 0 aromatic heterocycles. The molecule has 2 rings (SSSR count). The van der Waals surface area contributed by atoms with Gasteiger partial charge in [0.05, 0.1) is 6.10 Å². The highest BCUT2D eigenvalue weighted by Gasteiger charge is 2.24. The molecular formula is C33H48N4O7. The van der Waals surface area contributed by atoms with Crippen molar-refractivity contribution in [2.75, 3.05) is 26.2 Å². The number of aliphatic hydroxyl groups excluding tert-OH is 1. The minimum atomic E-state index is -1.06. The van der Waals surface area contributed by atoms with Crippen LogP contribution in [-0.2, 0) is 32.2 Å². The number of nitrogens with one attached hydrogen (secondary N) is 2. The summed E-state index contributed by atoms with van der Waals surface area (Å²) in [5.74, 6) is -0.544. The van der Waals surface area contributed by atoms with Gasteiger partial charge in [-0.15, -0.1) is 0 Å². The Morgan fingerprint density at radius 2 is 1.00 bits per heavy atom. The van der Waals surface area contributed by atoms with E-state index >= 15 is 0 Å². The predicted molar refractivity (Wildman–Crippen MR) is 167 cm³/mol. The number of alkyl carbamates (subject to hydrolysis) is 2. The number of hydrogen-bond donors (Lipinski definition) is 3. The van der Waals surface area contributed by atoms with Gasteiger partial charge in [0.15, 0.2) is 0 Å². The van der Waals surface area contributed by atoms with E-state index in [4.69, 9.17) is 9.47 Å². The first kappa shape index (κ1) is 36.1. The van der Waals surface area contributed by atoms with Crippen LogP contribution in [0.15, 0.2) is 60.7 Å². The SMILES string of the molecule is CC(C)(C)OC(=O)NCCC(=O)N(Cc1ccccc1)CC(O)CN(Cc1ccccc1)C(=O)CCNC(=O)OC(C)(C)C. The largest absolute Gasteiger partial charge is 0.444 e. The van der Waals surface area contributed by atoms with Gasteiger partial charge in [-0.1, -0.05) is 60.7 Å². The fourth-order valence-corrected chi connectivity index (χ4v) is 4.17. The average Bonchev–Trinajstić information content (AvgIpc) is 2.91. The lowest BCUT2D eigenvalue weighted by atomic mass is 10.1. The number of hydrogen-bond acceptors (Lipinski definition) is 7. The van der Waals surface area contributed by atoms with E-state index in [0.29, 0.717) is 0 Å². The molecule has 0 saturated carbocycles. The van der Waals surface area contributed by atoms with E-state index in [-0.39, 0.29) is 63.9 Å². The number of rotatable bonds is 14. The molecule has 0 bridgehead atoms. The van der Waals surface area contributed by atoms with E-state index in [1.807, 2.05) is 60.7 Å². The quantitative estimate of drug-likeness (QED) is 0.290. The fourth-order valence-electron chi connectivity index (χ4n) is 4.17. The second kappa shape index (κ2) is 17.2. The summed E-state index contributed by atoms with van der Waals surface area (Å²) in [6, 6.07) is 18.7. The number of amides is 4. The lowest BCUT2D eigenvalue weighted by molar-refractivity contribution is -0.135. The van der Waals surface area contributed by atoms with E-state index < -0.39 is 29.5 Å². The molecule has 4 amide bonds. The van der Waals surface area contributed by atoms with Crippen LogP contribution >= 0.6 is 0 Å².